The second-order valence-corrected chi connectivity index (χ2v) is 13.1. The van der Waals surface area contributed by atoms with Crippen molar-refractivity contribution < 1.29 is 19.4 Å². The first-order valence-electron chi connectivity index (χ1n) is 14.1. The number of aliphatic carboxylic acids is 1. The molecule has 3 aliphatic carbocycles. The minimum atomic E-state index is -0.921. The molecule has 0 aliphatic heterocycles. The van der Waals surface area contributed by atoms with Crippen LogP contribution in [0.2, 0.25) is 0 Å². The molecule has 1 aromatic heterocycles. The Morgan fingerprint density at radius 1 is 0.974 bits per heavy atom. The monoisotopic (exact) mass is 539 g/mol. The number of carboxylic acids is 1. The summed E-state index contributed by atoms with van der Waals surface area (Å²) in [7, 11) is 0. The maximum absolute atomic E-state index is 13.9. The molecule has 3 saturated carbocycles. The number of rotatable bonds is 7. The van der Waals surface area contributed by atoms with E-state index in [1.807, 2.05) is 42.5 Å². The first-order valence-corrected chi connectivity index (χ1v) is 15.0. The molecule has 1 heterocycles. The summed E-state index contributed by atoms with van der Waals surface area (Å²) in [6.45, 7) is 0.338. The zero-order valence-electron chi connectivity index (χ0n) is 21.9. The van der Waals surface area contributed by atoms with E-state index in [9.17, 15) is 14.7 Å². The number of benzene rings is 3. The highest BCUT2D eigenvalue weighted by Crippen LogP contribution is 2.59. The van der Waals surface area contributed by atoms with Crippen LogP contribution in [-0.2, 0) is 11.4 Å². The molecule has 3 bridgehead atoms. The van der Waals surface area contributed by atoms with Crippen molar-refractivity contribution in [3.8, 4) is 5.75 Å². The molecule has 3 fully saturated rings. The lowest BCUT2D eigenvalue weighted by molar-refractivity contribution is -0.148. The molecular weight excluding hydrogens is 506 g/mol. The number of carbonyl (C=O) groups excluding carboxylic acids is 1. The van der Waals surface area contributed by atoms with Gasteiger partial charge in [0, 0.05) is 20.4 Å². The molecule has 5 nitrogen and oxygen atoms in total. The first kappa shape index (κ1) is 24.6. The SMILES string of the molecule is O=C(N[C@H](C(=O)O)C12CCC3CCC(CC3C1)C2)c1ccc2ccccc2c1OCc1cc2ccccc2s1. The lowest BCUT2D eigenvalue weighted by atomic mass is 9.49. The molecule has 1 amide bonds. The summed E-state index contributed by atoms with van der Waals surface area (Å²) < 4.78 is 7.59. The number of nitrogens with one attached hydrogen (secondary N) is 1. The molecule has 4 unspecified atom stereocenters. The predicted molar refractivity (Wildman–Crippen MR) is 154 cm³/mol. The third-order valence-corrected chi connectivity index (χ3v) is 10.8. The van der Waals surface area contributed by atoms with Crippen molar-refractivity contribution in [2.75, 3.05) is 0 Å². The van der Waals surface area contributed by atoms with Crippen molar-refractivity contribution in [2.45, 2.75) is 57.6 Å². The van der Waals surface area contributed by atoms with Crippen molar-refractivity contribution in [2.24, 2.45) is 23.2 Å². The minimum Gasteiger partial charge on any atom is -0.487 e. The lowest BCUT2D eigenvalue weighted by Crippen LogP contribution is -2.58. The highest BCUT2D eigenvalue weighted by Gasteiger charge is 2.55. The molecule has 5 atom stereocenters. The molecule has 39 heavy (non-hydrogen) atoms. The Kier molecular flexibility index (Phi) is 6.11. The molecule has 0 saturated heterocycles. The molecule has 2 N–H and O–H groups in total. The normalized spacial score (nSPS) is 26.4. The Bertz CT molecular complexity index is 1540. The van der Waals surface area contributed by atoms with Crippen molar-refractivity contribution >= 4 is 44.1 Å². The van der Waals surface area contributed by atoms with Gasteiger partial charge in [0.15, 0.2) is 0 Å². The number of carbonyl (C=O) groups is 2. The van der Waals surface area contributed by atoms with Gasteiger partial charge in [0.05, 0.1) is 5.56 Å². The van der Waals surface area contributed by atoms with Crippen molar-refractivity contribution in [1.82, 2.24) is 5.32 Å². The van der Waals surface area contributed by atoms with Crippen LogP contribution in [0.1, 0.15) is 60.2 Å². The zero-order valence-corrected chi connectivity index (χ0v) is 22.7. The fraction of sp³-hybridized carbons (Fsp3) is 0.394. The highest BCUT2D eigenvalue weighted by atomic mass is 32.1. The predicted octanol–water partition coefficient (Wildman–Crippen LogP) is 7.42. The second-order valence-electron chi connectivity index (χ2n) is 12.0. The molecular formula is C33H33NO4S. The average molecular weight is 540 g/mol. The minimum absolute atomic E-state index is 0.338. The van der Waals surface area contributed by atoms with Crippen LogP contribution < -0.4 is 10.1 Å². The number of hydrogen-bond donors (Lipinski definition) is 2. The standard InChI is InChI=1S/C33H33NO4S/c35-31(34-30(32(36)37)33-14-13-21-10-9-20(17-33)15-24(21)18-33)27-12-11-22-5-1-3-7-26(22)29(27)38-19-25-16-23-6-2-4-8-28(23)39-25/h1-8,11-12,16,20-21,24,30H,9-10,13-15,17-19H2,(H,34,35)(H,36,37)/t20?,21?,24?,30-,33?/m1/s1. The molecule has 3 aromatic carbocycles. The second kappa shape index (κ2) is 9.67. The van der Waals surface area contributed by atoms with Crippen molar-refractivity contribution in [1.29, 1.82) is 0 Å². The third-order valence-electron chi connectivity index (χ3n) is 9.72. The van der Waals surface area contributed by atoms with Gasteiger partial charge < -0.3 is 15.2 Å². The van der Waals surface area contributed by atoms with Gasteiger partial charge in [-0.2, -0.15) is 0 Å². The molecule has 3 aliphatic rings. The van der Waals surface area contributed by atoms with E-state index < -0.39 is 12.0 Å². The van der Waals surface area contributed by atoms with Gasteiger partial charge in [-0.05, 0) is 85.3 Å². The number of thiophene rings is 1. The van der Waals surface area contributed by atoms with E-state index in [4.69, 9.17) is 4.74 Å². The van der Waals surface area contributed by atoms with E-state index in [0.29, 0.717) is 29.8 Å². The molecule has 0 spiro atoms. The van der Waals surface area contributed by atoms with Gasteiger partial charge in [-0.25, -0.2) is 4.79 Å². The van der Waals surface area contributed by atoms with E-state index in [1.165, 1.54) is 29.3 Å². The van der Waals surface area contributed by atoms with Crippen LogP contribution in [0, 0.1) is 23.2 Å². The van der Waals surface area contributed by atoms with E-state index in [-0.39, 0.29) is 11.3 Å². The van der Waals surface area contributed by atoms with Gasteiger partial charge in [-0.3, -0.25) is 4.79 Å². The van der Waals surface area contributed by atoms with Crippen molar-refractivity contribution in [3.05, 3.63) is 77.2 Å². The highest BCUT2D eigenvalue weighted by molar-refractivity contribution is 7.19. The lowest BCUT2D eigenvalue weighted by Gasteiger charge is -2.56. The van der Waals surface area contributed by atoms with Crippen LogP contribution in [0.4, 0.5) is 0 Å². The van der Waals surface area contributed by atoms with Gasteiger partial charge >= 0.3 is 5.97 Å². The van der Waals surface area contributed by atoms with Crippen LogP contribution in [0.5, 0.6) is 5.75 Å². The summed E-state index contributed by atoms with van der Waals surface area (Å²) in [5.74, 6) is 1.14. The molecule has 6 heteroatoms. The maximum atomic E-state index is 13.9. The summed E-state index contributed by atoms with van der Waals surface area (Å²) in [5, 5.41) is 16.4. The Morgan fingerprint density at radius 3 is 2.64 bits per heavy atom. The quantitative estimate of drug-likeness (QED) is 0.256. The van der Waals surface area contributed by atoms with E-state index >= 15 is 0 Å². The van der Waals surface area contributed by atoms with Crippen molar-refractivity contribution in [3.63, 3.8) is 0 Å². The van der Waals surface area contributed by atoms with Gasteiger partial charge in [0.1, 0.15) is 18.4 Å². The fourth-order valence-corrected chi connectivity index (χ4v) is 8.97. The first-order chi connectivity index (χ1) is 19.0. The van der Waals surface area contributed by atoms with Gasteiger partial charge in [-0.1, -0.05) is 55.0 Å². The van der Waals surface area contributed by atoms with Gasteiger partial charge in [0.2, 0.25) is 0 Å². The summed E-state index contributed by atoms with van der Waals surface area (Å²) in [5.41, 5.74) is 0.0307. The average Bonchev–Trinajstić information content (AvgIpc) is 3.36. The number of fused-ring (bicyclic) bond motifs is 4. The van der Waals surface area contributed by atoms with Crippen LogP contribution >= 0.6 is 11.3 Å². The number of hydrogen-bond acceptors (Lipinski definition) is 4. The molecule has 4 aromatic rings. The topological polar surface area (TPSA) is 75.6 Å². The summed E-state index contributed by atoms with van der Waals surface area (Å²) in [6.07, 6.45) is 7.49. The van der Waals surface area contributed by atoms with Crippen LogP contribution in [0.3, 0.4) is 0 Å². The van der Waals surface area contributed by atoms with Crippen LogP contribution in [-0.4, -0.2) is 23.0 Å². The zero-order chi connectivity index (χ0) is 26.6. The Labute approximate surface area is 232 Å². The maximum Gasteiger partial charge on any atom is 0.326 e. The van der Waals surface area contributed by atoms with Gasteiger partial charge in [-0.15, -0.1) is 11.3 Å². The molecule has 200 valence electrons. The smallest absolute Gasteiger partial charge is 0.326 e. The molecule has 7 rings (SSSR count). The largest absolute Gasteiger partial charge is 0.487 e. The van der Waals surface area contributed by atoms with Crippen LogP contribution in [0.25, 0.3) is 20.9 Å². The van der Waals surface area contributed by atoms with E-state index in [2.05, 4.69) is 23.5 Å². The van der Waals surface area contributed by atoms with Gasteiger partial charge in [0.25, 0.3) is 5.91 Å². The van der Waals surface area contributed by atoms with E-state index in [0.717, 1.165) is 47.3 Å². The third kappa shape index (κ3) is 4.39. The Balaban J connectivity index is 1.20. The summed E-state index contributed by atoms with van der Waals surface area (Å²) in [6, 6.07) is 21.0. The van der Waals surface area contributed by atoms with E-state index in [1.54, 1.807) is 17.4 Å². The number of carboxylic acid groups (broad SMARTS) is 1. The fourth-order valence-electron chi connectivity index (χ4n) is 7.99. The Morgan fingerprint density at radius 2 is 1.79 bits per heavy atom. The number of ether oxygens (including phenoxy) is 1. The summed E-state index contributed by atoms with van der Waals surface area (Å²) >= 11 is 1.68. The Hall–Kier alpha value is -3.38. The number of amides is 1. The molecule has 0 radical (unpaired) electrons. The summed E-state index contributed by atoms with van der Waals surface area (Å²) in [4.78, 5) is 27.7. The van der Waals surface area contributed by atoms with Crippen LogP contribution in [0.15, 0.2) is 66.7 Å².